The van der Waals surface area contributed by atoms with E-state index in [1.54, 1.807) is 26.0 Å². The molecular weight excluding hydrogens is 281 g/mol. The van der Waals surface area contributed by atoms with Crippen LogP contribution >= 0.6 is 0 Å². The van der Waals surface area contributed by atoms with Crippen LogP contribution in [-0.2, 0) is 4.79 Å². The van der Waals surface area contributed by atoms with Gasteiger partial charge in [0.2, 0.25) is 0 Å². The van der Waals surface area contributed by atoms with E-state index in [9.17, 15) is 9.18 Å². The maximum absolute atomic E-state index is 12.9. The topological polar surface area (TPSA) is 53.5 Å². The molecule has 0 unspecified atom stereocenters. The summed E-state index contributed by atoms with van der Waals surface area (Å²) in [6, 6.07) is 15.0. The van der Waals surface area contributed by atoms with Crippen molar-refractivity contribution in [1.29, 1.82) is 0 Å². The van der Waals surface area contributed by atoms with E-state index in [1.807, 2.05) is 30.3 Å². The van der Waals surface area contributed by atoms with Gasteiger partial charge in [0.05, 0.1) is 5.71 Å². The van der Waals surface area contributed by atoms with Crippen LogP contribution in [0.2, 0.25) is 0 Å². The Labute approximate surface area is 129 Å². The lowest BCUT2D eigenvalue weighted by Crippen LogP contribution is -2.35. The quantitative estimate of drug-likeness (QED) is 0.658. The standard InChI is InChI=1S/C17H18FN3O/c1-12(14-8-10-15(18)11-9-14)20-21-17(22)13(2)19-16-6-4-3-5-7-16/h3-11,13,19H,1-2H3,(H,21,22)/b20-12-/t13-/m1/s1. The highest BCUT2D eigenvalue weighted by Crippen LogP contribution is 2.07. The Morgan fingerprint density at radius 3 is 2.36 bits per heavy atom. The first-order chi connectivity index (χ1) is 10.6. The highest BCUT2D eigenvalue weighted by atomic mass is 19.1. The van der Waals surface area contributed by atoms with E-state index in [0.717, 1.165) is 11.3 Å². The number of para-hydroxylation sites is 1. The molecule has 1 atom stereocenters. The molecule has 0 radical (unpaired) electrons. The van der Waals surface area contributed by atoms with Gasteiger partial charge in [-0.15, -0.1) is 0 Å². The first kappa shape index (κ1) is 15.7. The van der Waals surface area contributed by atoms with Gasteiger partial charge in [0.15, 0.2) is 0 Å². The number of rotatable bonds is 5. The van der Waals surface area contributed by atoms with Crippen molar-refractivity contribution in [2.24, 2.45) is 5.10 Å². The number of amides is 1. The van der Waals surface area contributed by atoms with Crippen molar-refractivity contribution in [3.63, 3.8) is 0 Å². The monoisotopic (exact) mass is 299 g/mol. The minimum absolute atomic E-state index is 0.245. The van der Waals surface area contributed by atoms with Crippen LogP contribution < -0.4 is 10.7 Å². The van der Waals surface area contributed by atoms with Gasteiger partial charge in [0.25, 0.3) is 5.91 Å². The molecule has 4 nitrogen and oxygen atoms in total. The predicted octanol–water partition coefficient (Wildman–Crippen LogP) is 3.17. The van der Waals surface area contributed by atoms with E-state index < -0.39 is 6.04 Å². The first-order valence-electron chi connectivity index (χ1n) is 6.98. The summed E-state index contributed by atoms with van der Waals surface area (Å²) in [5.41, 5.74) is 4.74. The zero-order chi connectivity index (χ0) is 15.9. The fourth-order valence-electron chi connectivity index (χ4n) is 1.84. The summed E-state index contributed by atoms with van der Waals surface area (Å²) in [4.78, 5) is 12.0. The Morgan fingerprint density at radius 1 is 1.09 bits per heavy atom. The Balaban J connectivity index is 1.93. The van der Waals surface area contributed by atoms with Gasteiger partial charge in [-0.1, -0.05) is 30.3 Å². The van der Waals surface area contributed by atoms with Crippen LogP contribution in [0.5, 0.6) is 0 Å². The molecule has 0 saturated carbocycles. The second kappa shape index (κ2) is 7.36. The molecule has 2 aromatic rings. The van der Waals surface area contributed by atoms with Crippen molar-refractivity contribution in [2.75, 3.05) is 5.32 Å². The zero-order valence-corrected chi connectivity index (χ0v) is 12.5. The van der Waals surface area contributed by atoms with Crippen molar-refractivity contribution < 1.29 is 9.18 Å². The van der Waals surface area contributed by atoms with E-state index in [1.165, 1.54) is 12.1 Å². The lowest BCUT2D eigenvalue weighted by molar-refractivity contribution is -0.121. The lowest BCUT2D eigenvalue weighted by Gasteiger charge is -2.13. The van der Waals surface area contributed by atoms with E-state index in [2.05, 4.69) is 15.8 Å². The fraction of sp³-hybridized carbons (Fsp3) is 0.176. The van der Waals surface area contributed by atoms with Crippen molar-refractivity contribution in [3.8, 4) is 0 Å². The number of carbonyl (C=O) groups excluding carboxylic acids is 1. The van der Waals surface area contributed by atoms with Gasteiger partial charge in [-0.05, 0) is 43.7 Å². The van der Waals surface area contributed by atoms with Gasteiger partial charge in [-0.2, -0.15) is 5.10 Å². The molecule has 0 heterocycles. The molecule has 2 rings (SSSR count). The Morgan fingerprint density at radius 2 is 1.73 bits per heavy atom. The number of halogens is 1. The highest BCUT2D eigenvalue weighted by Gasteiger charge is 2.11. The van der Waals surface area contributed by atoms with Crippen molar-refractivity contribution in [2.45, 2.75) is 19.9 Å². The number of nitrogens with one attached hydrogen (secondary N) is 2. The zero-order valence-electron chi connectivity index (χ0n) is 12.5. The maximum atomic E-state index is 12.9. The molecule has 0 fully saturated rings. The van der Waals surface area contributed by atoms with E-state index in [0.29, 0.717) is 5.71 Å². The molecule has 0 bridgehead atoms. The van der Waals surface area contributed by atoms with Gasteiger partial charge in [-0.25, -0.2) is 9.82 Å². The molecule has 5 heteroatoms. The summed E-state index contributed by atoms with van der Waals surface area (Å²) < 4.78 is 12.9. The lowest BCUT2D eigenvalue weighted by atomic mass is 10.1. The predicted molar refractivity (Wildman–Crippen MR) is 86.3 cm³/mol. The molecule has 0 aliphatic heterocycles. The molecule has 0 saturated heterocycles. The number of hydrazone groups is 1. The molecule has 0 aliphatic carbocycles. The Bertz CT molecular complexity index is 653. The van der Waals surface area contributed by atoms with Crippen molar-refractivity contribution >= 4 is 17.3 Å². The third kappa shape index (κ3) is 4.41. The number of anilines is 1. The van der Waals surface area contributed by atoms with E-state index in [-0.39, 0.29) is 11.7 Å². The first-order valence-corrected chi connectivity index (χ1v) is 6.98. The molecular formula is C17H18FN3O. The van der Waals surface area contributed by atoms with Gasteiger partial charge in [-0.3, -0.25) is 4.79 Å². The van der Waals surface area contributed by atoms with Gasteiger partial charge in [0, 0.05) is 5.69 Å². The van der Waals surface area contributed by atoms with Crippen LogP contribution in [-0.4, -0.2) is 17.7 Å². The summed E-state index contributed by atoms with van der Waals surface area (Å²) in [6.45, 7) is 3.51. The number of hydrogen-bond acceptors (Lipinski definition) is 3. The second-order valence-corrected chi connectivity index (χ2v) is 4.91. The van der Waals surface area contributed by atoms with Crippen LogP contribution in [0.4, 0.5) is 10.1 Å². The molecule has 22 heavy (non-hydrogen) atoms. The number of benzene rings is 2. The minimum Gasteiger partial charge on any atom is -0.374 e. The largest absolute Gasteiger partial charge is 0.374 e. The SMILES string of the molecule is C/C(=N/NC(=O)[C@@H](C)Nc1ccccc1)c1ccc(F)cc1. The van der Waals surface area contributed by atoms with E-state index >= 15 is 0 Å². The minimum atomic E-state index is -0.424. The summed E-state index contributed by atoms with van der Waals surface area (Å²) in [7, 11) is 0. The number of hydrogen-bond donors (Lipinski definition) is 2. The van der Waals surface area contributed by atoms with Crippen LogP contribution in [0.15, 0.2) is 59.7 Å². The maximum Gasteiger partial charge on any atom is 0.262 e. The van der Waals surface area contributed by atoms with Crippen molar-refractivity contribution in [3.05, 3.63) is 66.0 Å². The molecule has 0 aromatic heterocycles. The average molecular weight is 299 g/mol. The molecule has 2 N–H and O–H groups in total. The summed E-state index contributed by atoms with van der Waals surface area (Å²) in [5.74, 6) is -0.549. The average Bonchev–Trinajstić information content (AvgIpc) is 2.53. The van der Waals surface area contributed by atoms with Crippen LogP contribution in [0.3, 0.4) is 0 Å². The summed E-state index contributed by atoms with van der Waals surface area (Å²) in [5, 5.41) is 7.12. The molecule has 0 aliphatic rings. The fourth-order valence-corrected chi connectivity index (χ4v) is 1.84. The van der Waals surface area contributed by atoms with Gasteiger partial charge < -0.3 is 5.32 Å². The molecule has 2 aromatic carbocycles. The number of carbonyl (C=O) groups is 1. The van der Waals surface area contributed by atoms with Crippen LogP contribution in [0.1, 0.15) is 19.4 Å². The van der Waals surface area contributed by atoms with Gasteiger partial charge >= 0.3 is 0 Å². The molecule has 0 spiro atoms. The smallest absolute Gasteiger partial charge is 0.262 e. The summed E-state index contributed by atoms with van der Waals surface area (Å²) >= 11 is 0. The third-order valence-corrected chi connectivity index (χ3v) is 3.15. The Kier molecular flexibility index (Phi) is 5.25. The molecule has 1 amide bonds. The third-order valence-electron chi connectivity index (χ3n) is 3.15. The second-order valence-electron chi connectivity index (χ2n) is 4.91. The normalized spacial score (nSPS) is 12.6. The van der Waals surface area contributed by atoms with Crippen molar-refractivity contribution in [1.82, 2.24) is 5.43 Å². The highest BCUT2D eigenvalue weighted by molar-refractivity contribution is 5.99. The number of nitrogens with zero attached hydrogens (tertiary/aromatic N) is 1. The summed E-state index contributed by atoms with van der Waals surface area (Å²) in [6.07, 6.45) is 0. The van der Waals surface area contributed by atoms with Crippen LogP contribution in [0.25, 0.3) is 0 Å². The molecule has 114 valence electrons. The van der Waals surface area contributed by atoms with E-state index in [4.69, 9.17) is 0 Å². The Hall–Kier alpha value is -2.69. The van der Waals surface area contributed by atoms with Crippen LogP contribution in [0, 0.1) is 5.82 Å². The van der Waals surface area contributed by atoms with Gasteiger partial charge in [0.1, 0.15) is 11.9 Å².